The summed E-state index contributed by atoms with van der Waals surface area (Å²) in [5.74, 6) is -0.679. The number of rotatable bonds is 4. The lowest BCUT2D eigenvalue weighted by Gasteiger charge is -2.21. The lowest BCUT2D eigenvalue weighted by Crippen LogP contribution is -2.21. The minimum absolute atomic E-state index is 0.113. The van der Waals surface area contributed by atoms with Crippen molar-refractivity contribution in [1.29, 1.82) is 0 Å². The van der Waals surface area contributed by atoms with E-state index in [1.54, 1.807) is 42.5 Å². The van der Waals surface area contributed by atoms with Crippen molar-refractivity contribution in [3.05, 3.63) is 93.9 Å². The van der Waals surface area contributed by atoms with Gasteiger partial charge in [-0.2, -0.15) is 0 Å². The van der Waals surface area contributed by atoms with Gasteiger partial charge >= 0.3 is 5.97 Å². The van der Waals surface area contributed by atoms with Crippen molar-refractivity contribution in [2.24, 2.45) is 0 Å². The number of fused-ring (bicyclic) bond motifs is 2. The Labute approximate surface area is 185 Å². The van der Waals surface area contributed by atoms with Crippen molar-refractivity contribution in [2.45, 2.75) is 13.8 Å². The summed E-state index contributed by atoms with van der Waals surface area (Å²) in [6.07, 6.45) is 0. The zero-order valence-corrected chi connectivity index (χ0v) is 17.8. The van der Waals surface area contributed by atoms with Crippen LogP contribution < -0.4 is 20.1 Å². The first-order valence-corrected chi connectivity index (χ1v) is 10.7. The Morgan fingerprint density at radius 3 is 1.97 bits per heavy atom. The van der Waals surface area contributed by atoms with Crippen molar-refractivity contribution >= 4 is 34.4 Å². The van der Waals surface area contributed by atoms with Crippen LogP contribution in [-0.4, -0.2) is 30.6 Å². The number of benzene rings is 3. The van der Waals surface area contributed by atoms with E-state index in [-0.39, 0.29) is 17.1 Å². The van der Waals surface area contributed by atoms with E-state index in [2.05, 4.69) is 18.7 Å². The van der Waals surface area contributed by atoms with Gasteiger partial charge in [0.1, 0.15) is 5.75 Å². The highest BCUT2D eigenvalue weighted by molar-refractivity contribution is 6.55. The van der Waals surface area contributed by atoms with Crippen LogP contribution in [0.1, 0.15) is 40.1 Å². The minimum Gasteiger partial charge on any atom is -0.422 e. The Bertz CT molecular complexity index is 1380. The maximum absolute atomic E-state index is 12.8. The average molecular weight is 423 g/mol. The third kappa shape index (κ3) is 2.97. The van der Waals surface area contributed by atoms with Gasteiger partial charge in [-0.3, -0.25) is 9.59 Å². The summed E-state index contributed by atoms with van der Waals surface area (Å²) >= 11 is 0. The zero-order valence-electron chi connectivity index (χ0n) is 17.8. The molecule has 0 amide bonds. The first-order valence-electron chi connectivity index (χ1n) is 10.7. The van der Waals surface area contributed by atoms with Crippen molar-refractivity contribution in [3.8, 4) is 5.75 Å². The quantitative estimate of drug-likeness (QED) is 0.477. The Morgan fingerprint density at radius 1 is 0.750 bits per heavy atom. The van der Waals surface area contributed by atoms with Crippen molar-refractivity contribution < 1.29 is 19.1 Å². The highest BCUT2D eigenvalue weighted by atomic mass is 16.5. The summed E-state index contributed by atoms with van der Waals surface area (Å²) in [6.45, 7) is 6.01. The minimum atomic E-state index is -0.440. The molecule has 0 fully saturated rings. The third-order valence-electron chi connectivity index (χ3n) is 6.10. The predicted octanol–water partition coefficient (Wildman–Crippen LogP) is 2.88. The fourth-order valence-corrected chi connectivity index (χ4v) is 4.44. The van der Waals surface area contributed by atoms with Crippen molar-refractivity contribution in [1.82, 2.24) is 0 Å². The van der Waals surface area contributed by atoms with Gasteiger partial charge in [0.15, 0.2) is 11.6 Å². The number of hydrogen-bond donors (Lipinski definition) is 0. The lowest BCUT2D eigenvalue weighted by atomic mass is 10.0. The third-order valence-corrected chi connectivity index (χ3v) is 6.10. The molecular formula is C27H21NO4. The molecule has 5 rings (SSSR count). The summed E-state index contributed by atoms with van der Waals surface area (Å²) in [4.78, 5) is 40.6. The molecule has 32 heavy (non-hydrogen) atoms. The average Bonchev–Trinajstić information content (AvgIpc) is 3.27. The molecule has 1 aliphatic heterocycles. The monoisotopic (exact) mass is 423 g/mol. The molecule has 1 aliphatic carbocycles. The number of nitrogens with zero attached hydrogens (tertiary/aromatic N) is 1. The zero-order chi connectivity index (χ0) is 22.4. The van der Waals surface area contributed by atoms with Gasteiger partial charge in [-0.15, -0.1) is 0 Å². The Hall–Kier alpha value is -3.99. The van der Waals surface area contributed by atoms with E-state index in [0.29, 0.717) is 32.9 Å². The second kappa shape index (κ2) is 7.61. The van der Waals surface area contributed by atoms with E-state index in [0.717, 1.165) is 24.3 Å². The van der Waals surface area contributed by atoms with E-state index in [4.69, 9.17) is 4.74 Å². The predicted molar refractivity (Wildman–Crippen MR) is 122 cm³/mol. The fourth-order valence-electron chi connectivity index (χ4n) is 4.44. The molecule has 0 saturated heterocycles. The lowest BCUT2D eigenvalue weighted by molar-refractivity contribution is -0.127. The molecule has 0 spiro atoms. The van der Waals surface area contributed by atoms with Gasteiger partial charge in [-0.25, -0.2) is 4.79 Å². The Morgan fingerprint density at radius 2 is 1.38 bits per heavy atom. The Kier molecular flexibility index (Phi) is 4.74. The molecule has 0 aromatic heterocycles. The molecule has 0 atom stereocenters. The number of anilines is 1. The molecule has 3 aromatic carbocycles. The second-order valence-corrected chi connectivity index (χ2v) is 7.77. The highest BCUT2D eigenvalue weighted by Gasteiger charge is 2.33. The van der Waals surface area contributed by atoms with Crippen molar-refractivity contribution in [3.63, 3.8) is 0 Å². The van der Waals surface area contributed by atoms with Gasteiger partial charge in [-0.05, 0) is 48.9 Å². The number of Topliss-reactive ketones (excluding diaryl/α,β-unsaturated/α-hetero) is 2. The first-order chi connectivity index (χ1) is 15.5. The molecule has 0 radical (unpaired) electrons. The molecule has 2 aliphatic rings. The summed E-state index contributed by atoms with van der Waals surface area (Å²) < 4.78 is 5.52. The second-order valence-electron chi connectivity index (χ2n) is 7.77. The standard InChI is InChI=1S/C27H21NO4/c1-3-28(4-2)18-12-9-16(10-13-18)23-21-14-11-17(15-22(21)32-27(23)31)24-25(29)19-7-5-6-8-20(19)26(24)30/h5-15H,3-4H2,1-2H3. The summed E-state index contributed by atoms with van der Waals surface area (Å²) in [7, 11) is 0. The summed E-state index contributed by atoms with van der Waals surface area (Å²) in [6, 6.07) is 19.7. The number of hydrogen-bond acceptors (Lipinski definition) is 5. The molecule has 0 unspecified atom stereocenters. The molecule has 158 valence electrons. The largest absolute Gasteiger partial charge is 0.422 e. The maximum atomic E-state index is 12.8. The fraction of sp³-hybridized carbons (Fsp3) is 0.148. The number of esters is 1. The van der Waals surface area contributed by atoms with Crippen LogP contribution in [0.25, 0.3) is 11.1 Å². The molecule has 0 bridgehead atoms. The summed E-state index contributed by atoms with van der Waals surface area (Å²) in [5, 5.41) is 1.12. The van der Waals surface area contributed by atoms with Crippen LogP contribution >= 0.6 is 0 Å². The van der Waals surface area contributed by atoms with Crippen LogP contribution in [0.5, 0.6) is 5.75 Å². The van der Waals surface area contributed by atoms with Gasteiger partial charge < -0.3 is 9.64 Å². The van der Waals surface area contributed by atoms with Crippen LogP contribution in [-0.2, 0) is 4.79 Å². The summed E-state index contributed by atoms with van der Waals surface area (Å²) in [5.41, 5.74) is 3.27. The number of ether oxygens (including phenoxy) is 1. The molecule has 3 aromatic rings. The number of carbonyl (C=O) groups excluding carboxylic acids is 3. The van der Waals surface area contributed by atoms with Gasteiger partial charge in [-0.1, -0.05) is 42.5 Å². The number of carbonyl (C=O) groups is 3. The van der Waals surface area contributed by atoms with E-state index in [1.807, 2.05) is 24.3 Å². The van der Waals surface area contributed by atoms with Gasteiger partial charge in [0.25, 0.3) is 0 Å². The van der Waals surface area contributed by atoms with E-state index < -0.39 is 5.97 Å². The molecule has 5 heteroatoms. The van der Waals surface area contributed by atoms with Crippen LogP contribution in [0.15, 0.2) is 66.7 Å². The molecule has 0 saturated carbocycles. The van der Waals surface area contributed by atoms with E-state index in [1.165, 1.54) is 0 Å². The Balaban J connectivity index is 1.61. The van der Waals surface area contributed by atoms with Crippen molar-refractivity contribution in [2.75, 3.05) is 18.0 Å². The normalized spacial score (nSPS) is 14.5. The van der Waals surface area contributed by atoms with Crippen LogP contribution in [0.4, 0.5) is 5.69 Å². The van der Waals surface area contributed by atoms with Crippen LogP contribution in [0, 0.1) is 0 Å². The van der Waals surface area contributed by atoms with Gasteiger partial charge in [0.2, 0.25) is 0 Å². The molecule has 0 N–H and O–H groups in total. The SMILES string of the molecule is CCN(CC)c1ccc(C2=c3ccc(=C4C(=O)c5ccccc5C4=O)cc3OC2=O)cc1. The topological polar surface area (TPSA) is 63.7 Å². The number of ketones is 2. The first kappa shape index (κ1) is 19.9. The van der Waals surface area contributed by atoms with E-state index >= 15 is 0 Å². The van der Waals surface area contributed by atoms with Gasteiger partial charge in [0.05, 0.1) is 11.1 Å². The van der Waals surface area contributed by atoms with Crippen LogP contribution in [0.3, 0.4) is 0 Å². The van der Waals surface area contributed by atoms with E-state index in [9.17, 15) is 14.4 Å². The molecular weight excluding hydrogens is 402 g/mol. The smallest absolute Gasteiger partial charge is 0.344 e. The van der Waals surface area contributed by atoms with Crippen LogP contribution in [0.2, 0.25) is 0 Å². The molecule has 1 heterocycles. The van der Waals surface area contributed by atoms with Gasteiger partial charge in [0, 0.05) is 35.1 Å². The maximum Gasteiger partial charge on any atom is 0.344 e. The highest BCUT2D eigenvalue weighted by Crippen LogP contribution is 2.27. The molecule has 5 nitrogen and oxygen atoms in total.